The highest BCUT2D eigenvalue weighted by Crippen LogP contribution is 2.26. The molecule has 6 heteroatoms. The molecule has 1 aromatic rings. The van der Waals surface area contributed by atoms with Crippen molar-refractivity contribution in [3.8, 4) is 0 Å². The molecule has 0 bridgehead atoms. The highest BCUT2D eigenvalue weighted by Gasteiger charge is 2.30. The summed E-state index contributed by atoms with van der Waals surface area (Å²) in [6, 6.07) is 4.80. The zero-order chi connectivity index (χ0) is 14.0. The number of aliphatic hydroxyl groups is 1. The van der Waals surface area contributed by atoms with E-state index in [1.165, 1.54) is 4.31 Å². The molecule has 1 aromatic carbocycles. The Morgan fingerprint density at radius 1 is 1.47 bits per heavy atom. The summed E-state index contributed by atoms with van der Waals surface area (Å²) >= 11 is 5.86. The molecule has 1 N–H and O–H groups in total. The third-order valence-corrected chi connectivity index (χ3v) is 5.76. The van der Waals surface area contributed by atoms with E-state index >= 15 is 0 Å². The highest BCUT2D eigenvalue weighted by molar-refractivity contribution is 7.89. The van der Waals surface area contributed by atoms with Gasteiger partial charge >= 0.3 is 0 Å². The van der Waals surface area contributed by atoms with E-state index in [-0.39, 0.29) is 12.5 Å². The van der Waals surface area contributed by atoms with Crippen molar-refractivity contribution in [3.63, 3.8) is 0 Å². The van der Waals surface area contributed by atoms with Crippen LogP contribution in [0.3, 0.4) is 0 Å². The molecule has 4 nitrogen and oxygen atoms in total. The molecule has 1 aliphatic rings. The molecule has 0 radical (unpaired) electrons. The second-order valence-electron chi connectivity index (χ2n) is 4.96. The van der Waals surface area contributed by atoms with Crippen molar-refractivity contribution in [2.24, 2.45) is 5.92 Å². The van der Waals surface area contributed by atoms with Crippen molar-refractivity contribution >= 4 is 21.6 Å². The third kappa shape index (κ3) is 3.11. The fourth-order valence-electron chi connectivity index (χ4n) is 2.44. The fourth-order valence-corrected chi connectivity index (χ4v) is 4.42. The first-order valence-electron chi connectivity index (χ1n) is 6.32. The number of aryl methyl sites for hydroxylation is 1. The Balaban J connectivity index is 2.31. The molecule has 2 rings (SSSR count). The van der Waals surface area contributed by atoms with E-state index in [1.54, 1.807) is 25.1 Å². The number of rotatable bonds is 3. The molecule has 1 atom stereocenters. The van der Waals surface area contributed by atoms with Gasteiger partial charge in [0.05, 0.1) is 4.90 Å². The number of halogens is 1. The minimum absolute atomic E-state index is 0.0334. The van der Waals surface area contributed by atoms with Gasteiger partial charge in [-0.3, -0.25) is 0 Å². The number of hydrogen-bond acceptors (Lipinski definition) is 3. The van der Waals surface area contributed by atoms with E-state index in [0.717, 1.165) is 12.8 Å². The van der Waals surface area contributed by atoms with Crippen molar-refractivity contribution in [2.45, 2.75) is 24.7 Å². The van der Waals surface area contributed by atoms with Gasteiger partial charge in [-0.25, -0.2) is 8.42 Å². The van der Waals surface area contributed by atoms with Crippen LogP contribution in [0, 0.1) is 12.8 Å². The average molecular weight is 304 g/mol. The molecule has 1 heterocycles. The van der Waals surface area contributed by atoms with E-state index in [1.807, 2.05) is 0 Å². The lowest BCUT2D eigenvalue weighted by Crippen LogP contribution is -2.41. The molecule has 1 saturated heterocycles. The maximum absolute atomic E-state index is 12.6. The molecule has 19 heavy (non-hydrogen) atoms. The van der Waals surface area contributed by atoms with Crippen LogP contribution < -0.4 is 0 Å². The van der Waals surface area contributed by atoms with Crippen molar-refractivity contribution in [3.05, 3.63) is 28.8 Å². The summed E-state index contributed by atoms with van der Waals surface area (Å²) in [6.07, 6.45) is 1.67. The SMILES string of the molecule is Cc1cc(Cl)ccc1S(=O)(=O)N1CCCC(CO)C1. The van der Waals surface area contributed by atoms with Crippen LogP contribution in [-0.4, -0.2) is 37.5 Å². The summed E-state index contributed by atoms with van der Waals surface area (Å²) in [5, 5.41) is 9.73. The zero-order valence-corrected chi connectivity index (χ0v) is 12.4. The lowest BCUT2D eigenvalue weighted by atomic mass is 10.0. The van der Waals surface area contributed by atoms with Gasteiger partial charge in [0.25, 0.3) is 0 Å². The molecular formula is C13H18ClNO3S. The summed E-state index contributed by atoms with van der Waals surface area (Å²) in [4.78, 5) is 0.301. The summed E-state index contributed by atoms with van der Waals surface area (Å²) < 4.78 is 26.6. The summed E-state index contributed by atoms with van der Waals surface area (Å²) in [5.74, 6) is 0.0381. The van der Waals surface area contributed by atoms with Crippen LogP contribution in [0.2, 0.25) is 5.02 Å². The second-order valence-corrected chi connectivity index (χ2v) is 7.31. The fraction of sp³-hybridized carbons (Fsp3) is 0.538. The largest absolute Gasteiger partial charge is 0.396 e. The molecule has 0 saturated carbocycles. The minimum Gasteiger partial charge on any atom is -0.396 e. The van der Waals surface area contributed by atoms with Crippen LogP contribution in [0.1, 0.15) is 18.4 Å². The van der Waals surface area contributed by atoms with Crippen molar-refractivity contribution < 1.29 is 13.5 Å². The molecule has 1 aliphatic heterocycles. The monoisotopic (exact) mass is 303 g/mol. The van der Waals surface area contributed by atoms with Gasteiger partial charge in [0.15, 0.2) is 0 Å². The highest BCUT2D eigenvalue weighted by atomic mass is 35.5. The van der Waals surface area contributed by atoms with Gasteiger partial charge in [0, 0.05) is 24.7 Å². The van der Waals surface area contributed by atoms with Gasteiger partial charge in [-0.15, -0.1) is 0 Å². The molecule has 0 amide bonds. The predicted molar refractivity (Wildman–Crippen MR) is 74.8 cm³/mol. The van der Waals surface area contributed by atoms with E-state index in [0.29, 0.717) is 28.6 Å². The number of nitrogens with zero attached hydrogens (tertiary/aromatic N) is 1. The molecule has 1 unspecified atom stereocenters. The number of aliphatic hydroxyl groups excluding tert-OH is 1. The van der Waals surface area contributed by atoms with Gasteiger partial charge in [0.2, 0.25) is 10.0 Å². The van der Waals surface area contributed by atoms with Crippen LogP contribution in [0.4, 0.5) is 0 Å². The van der Waals surface area contributed by atoms with E-state index in [4.69, 9.17) is 11.6 Å². The topological polar surface area (TPSA) is 57.6 Å². The molecule has 0 aromatic heterocycles. The van der Waals surface area contributed by atoms with E-state index in [9.17, 15) is 13.5 Å². The third-order valence-electron chi connectivity index (χ3n) is 3.49. The smallest absolute Gasteiger partial charge is 0.243 e. The molecule has 0 spiro atoms. The Bertz CT molecular complexity index is 559. The van der Waals surface area contributed by atoms with Crippen LogP contribution in [-0.2, 0) is 10.0 Å². The van der Waals surface area contributed by atoms with Gasteiger partial charge in [-0.1, -0.05) is 11.6 Å². The Morgan fingerprint density at radius 3 is 2.84 bits per heavy atom. The predicted octanol–water partition coefficient (Wildman–Crippen LogP) is 2.04. The van der Waals surface area contributed by atoms with Crippen LogP contribution >= 0.6 is 11.6 Å². The Morgan fingerprint density at radius 2 is 2.21 bits per heavy atom. The number of hydrogen-bond donors (Lipinski definition) is 1. The molecule has 1 fully saturated rings. The van der Waals surface area contributed by atoms with Gasteiger partial charge in [0.1, 0.15) is 0 Å². The summed E-state index contributed by atoms with van der Waals surface area (Å²) in [6.45, 7) is 2.68. The Labute approximate surface area is 119 Å². The van der Waals surface area contributed by atoms with Gasteiger partial charge in [-0.2, -0.15) is 4.31 Å². The van der Waals surface area contributed by atoms with Gasteiger partial charge in [-0.05, 0) is 49.4 Å². The average Bonchev–Trinajstić information content (AvgIpc) is 2.38. The number of piperidine rings is 1. The van der Waals surface area contributed by atoms with Crippen molar-refractivity contribution in [2.75, 3.05) is 19.7 Å². The van der Waals surface area contributed by atoms with Gasteiger partial charge < -0.3 is 5.11 Å². The Kier molecular flexibility index (Phi) is 4.50. The first-order valence-corrected chi connectivity index (χ1v) is 8.14. The maximum Gasteiger partial charge on any atom is 0.243 e. The number of benzene rings is 1. The molecular weight excluding hydrogens is 286 g/mol. The summed E-state index contributed by atoms with van der Waals surface area (Å²) in [7, 11) is -3.49. The van der Waals surface area contributed by atoms with Crippen LogP contribution in [0.15, 0.2) is 23.1 Å². The minimum atomic E-state index is -3.49. The van der Waals surface area contributed by atoms with Crippen molar-refractivity contribution in [1.29, 1.82) is 0 Å². The van der Waals surface area contributed by atoms with Crippen LogP contribution in [0.5, 0.6) is 0 Å². The second kappa shape index (κ2) is 5.79. The molecule has 0 aliphatic carbocycles. The first-order chi connectivity index (χ1) is 8.95. The Hall–Kier alpha value is -0.620. The lowest BCUT2D eigenvalue weighted by molar-refractivity contribution is 0.165. The van der Waals surface area contributed by atoms with E-state index in [2.05, 4.69) is 0 Å². The quantitative estimate of drug-likeness (QED) is 0.929. The first kappa shape index (κ1) is 14.8. The maximum atomic E-state index is 12.6. The summed E-state index contributed by atoms with van der Waals surface area (Å²) in [5.41, 5.74) is 0.652. The molecule has 106 valence electrons. The standard InChI is InChI=1S/C13H18ClNO3S/c1-10-7-12(14)4-5-13(10)19(17,18)15-6-2-3-11(8-15)9-16/h4-5,7,11,16H,2-3,6,8-9H2,1H3. The van der Waals surface area contributed by atoms with Crippen LogP contribution in [0.25, 0.3) is 0 Å². The van der Waals surface area contributed by atoms with E-state index < -0.39 is 10.0 Å². The lowest BCUT2D eigenvalue weighted by Gasteiger charge is -2.31. The normalized spacial score (nSPS) is 21.5. The van der Waals surface area contributed by atoms with Crippen molar-refractivity contribution in [1.82, 2.24) is 4.31 Å². The number of sulfonamides is 1. The zero-order valence-electron chi connectivity index (χ0n) is 10.8.